The van der Waals surface area contributed by atoms with Crippen LogP contribution in [0.25, 0.3) is 0 Å². The maximum Gasteiger partial charge on any atom is 0.375 e. The third-order valence-electron chi connectivity index (χ3n) is 1.61. The minimum Gasteiger partial charge on any atom is -0.477 e. The summed E-state index contributed by atoms with van der Waals surface area (Å²) < 4.78 is 29.6. The minimum absolute atomic E-state index is 0.367. The van der Waals surface area contributed by atoms with Crippen LogP contribution in [0, 0.1) is 0 Å². The number of aliphatic carboxylic acids is 1. The molecule has 0 saturated carbocycles. The molecule has 0 aliphatic rings. The number of carboxylic acids is 1. The predicted molar refractivity (Wildman–Crippen MR) is 46.6 cm³/mol. The average Bonchev–Trinajstić information content (AvgIpc) is 2.10. The summed E-state index contributed by atoms with van der Waals surface area (Å²) in [5, 5.41) is 10.5. The average molecular weight is 211 g/mol. The lowest BCUT2D eigenvalue weighted by Crippen LogP contribution is -2.40. The monoisotopic (exact) mass is 211 g/mol. The molecule has 14 heavy (non-hydrogen) atoms. The molecular weight excluding hydrogens is 196 g/mol. The summed E-state index contributed by atoms with van der Waals surface area (Å²) in [7, 11) is 1.56. The van der Waals surface area contributed by atoms with Crippen molar-refractivity contribution < 1.29 is 23.4 Å². The zero-order chi connectivity index (χ0) is 11.0. The molecule has 4 nitrogen and oxygen atoms in total. The van der Waals surface area contributed by atoms with Gasteiger partial charge in [0.15, 0.2) is 0 Å². The first kappa shape index (κ1) is 13.2. The summed E-state index contributed by atoms with van der Waals surface area (Å²) in [6.45, 7) is 0.124. The Kier molecular flexibility index (Phi) is 6.31. The van der Waals surface area contributed by atoms with E-state index in [2.05, 4.69) is 5.32 Å². The van der Waals surface area contributed by atoms with Crippen LogP contribution in [0.4, 0.5) is 8.78 Å². The third-order valence-corrected chi connectivity index (χ3v) is 1.61. The van der Waals surface area contributed by atoms with E-state index in [0.29, 0.717) is 19.6 Å². The maximum absolute atomic E-state index is 12.4. The van der Waals surface area contributed by atoms with Crippen molar-refractivity contribution >= 4 is 5.97 Å². The Balaban J connectivity index is 3.40. The first-order valence-electron chi connectivity index (χ1n) is 4.31. The summed E-state index contributed by atoms with van der Waals surface area (Å²) in [4.78, 5) is 9.98. The van der Waals surface area contributed by atoms with Gasteiger partial charge in [-0.15, -0.1) is 0 Å². The van der Waals surface area contributed by atoms with E-state index in [1.54, 1.807) is 7.11 Å². The van der Waals surface area contributed by atoms with Gasteiger partial charge in [-0.3, -0.25) is 0 Å². The van der Waals surface area contributed by atoms with E-state index >= 15 is 0 Å². The lowest BCUT2D eigenvalue weighted by atomic mass is 10.3. The highest BCUT2D eigenvalue weighted by molar-refractivity contribution is 5.75. The van der Waals surface area contributed by atoms with Crippen LogP contribution in [0.15, 0.2) is 0 Å². The van der Waals surface area contributed by atoms with E-state index in [-0.39, 0.29) is 0 Å². The van der Waals surface area contributed by atoms with Gasteiger partial charge in [0.05, 0.1) is 6.54 Å². The Morgan fingerprint density at radius 3 is 2.64 bits per heavy atom. The molecule has 0 unspecified atom stereocenters. The number of carboxylic acid groups (broad SMARTS) is 1. The number of alkyl halides is 2. The van der Waals surface area contributed by atoms with Gasteiger partial charge in [0.2, 0.25) is 0 Å². The van der Waals surface area contributed by atoms with E-state index in [9.17, 15) is 13.6 Å². The second-order valence-corrected chi connectivity index (χ2v) is 2.89. The standard InChI is InChI=1S/C8H15F2NO3/c1-14-5-3-2-4-11-6-8(9,10)7(12)13/h11H,2-6H2,1H3,(H,12,13). The number of nitrogens with one attached hydrogen (secondary N) is 1. The largest absolute Gasteiger partial charge is 0.477 e. The molecule has 0 radical (unpaired) electrons. The topological polar surface area (TPSA) is 58.6 Å². The zero-order valence-electron chi connectivity index (χ0n) is 8.06. The molecule has 6 heteroatoms. The quantitative estimate of drug-likeness (QED) is 0.581. The summed E-state index contributed by atoms with van der Waals surface area (Å²) in [6.07, 6.45) is 1.45. The fourth-order valence-corrected chi connectivity index (χ4v) is 0.817. The molecular formula is C8H15F2NO3. The van der Waals surface area contributed by atoms with E-state index in [1.807, 2.05) is 0 Å². The molecule has 0 heterocycles. The van der Waals surface area contributed by atoms with Crippen molar-refractivity contribution in [1.82, 2.24) is 5.32 Å². The Labute approximate surface area is 81.2 Å². The number of rotatable bonds is 8. The Hall–Kier alpha value is -0.750. The SMILES string of the molecule is COCCCCNCC(F)(F)C(=O)O. The van der Waals surface area contributed by atoms with Gasteiger partial charge in [-0.2, -0.15) is 8.78 Å². The van der Waals surface area contributed by atoms with Crippen molar-refractivity contribution in [2.45, 2.75) is 18.8 Å². The predicted octanol–water partition coefficient (Wildman–Crippen LogP) is 0.723. The molecule has 0 atom stereocenters. The van der Waals surface area contributed by atoms with Gasteiger partial charge >= 0.3 is 11.9 Å². The van der Waals surface area contributed by atoms with Crippen molar-refractivity contribution in [3.8, 4) is 0 Å². The number of carbonyl (C=O) groups is 1. The van der Waals surface area contributed by atoms with Crippen molar-refractivity contribution in [2.24, 2.45) is 0 Å². The van der Waals surface area contributed by atoms with Gasteiger partial charge in [-0.25, -0.2) is 4.79 Å². The van der Waals surface area contributed by atoms with Crippen LogP contribution in [-0.2, 0) is 9.53 Å². The van der Waals surface area contributed by atoms with E-state index in [1.165, 1.54) is 0 Å². The first-order chi connectivity index (χ1) is 6.50. The van der Waals surface area contributed by atoms with E-state index in [4.69, 9.17) is 9.84 Å². The van der Waals surface area contributed by atoms with E-state index in [0.717, 1.165) is 6.42 Å². The van der Waals surface area contributed by atoms with Gasteiger partial charge in [0.25, 0.3) is 0 Å². The Morgan fingerprint density at radius 2 is 2.14 bits per heavy atom. The molecule has 0 aliphatic carbocycles. The van der Waals surface area contributed by atoms with Gasteiger partial charge in [-0.1, -0.05) is 0 Å². The van der Waals surface area contributed by atoms with Crippen molar-refractivity contribution in [3.63, 3.8) is 0 Å². The Bertz CT molecular complexity index is 176. The molecule has 0 rings (SSSR count). The third kappa shape index (κ3) is 5.82. The van der Waals surface area contributed by atoms with Crippen LogP contribution in [0.2, 0.25) is 0 Å². The van der Waals surface area contributed by atoms with E-state index < -0.39 is 18.4 Å². The number of ether oxygens (including phenoxy) is 1. The van der Waals surface area contributed by atoms with Crippen LogP contribution in [0.3, 0.4) is 0 Å². The molecule has 84 valence electrons. The smallest absolute Gasteiger partial charge is 0.375 e. The number of halogens is 2. The summed E-state index contributed by atoms with van der Waals surface area (Å²) in [6, 6.07) is 0. The van der Waals surface area contributed by atoms with Gasteiger partial charge < -0.3 is 15.2 Å². The Morgan fingerprint density at radius 1 is 1.50 bits per heavy atom. The van der Waals surface area contributed by atoms with Crippen molar-refractivity contribution in [2.75, 3.05) is 26.8 Å². The molecule has 0 aliphatic heterocycles. The summed E-state index contributed by atoms with van der Waals surface area (Å²) in [5.74, 6) is -5.77. The molecule has 0 saturated heterocycles. The normalized spacial score (nSPS) is 11.6. The van der Waals surface area contributed by atoms with Gasteiger partial charge in [-0.05, 0) is 19.4 Å². The number of hydrogen-bond acceptors (Lipinski definition) is 3. The number of hydrogen-bond donors (Lipinski definition) is 2. The highest BCUT2D eigenvalue weighted by Gasteiger charge is 2.37. The van der Waals surface area contributed by atoms with Gasteiger partial charge in [0, 0.05) is 13.7 Å². The highest BCUT2D eigenvalue weighted by atomic mass is 19.3. The molecule has 0 fully saturated rings. The number of unbranched alkanes of at least 4 members (excludes halogenated alkanes) is 1. The molecule has 0 aromatic carbocycles. The van der Waals surface area contributed by atoms with Crippen molar-refractivity contribution in [3.05, 3.63) is 0 Å². The summed E-state index contributed by atoms with van der Waals surface area (Å²) in [5.41, 5.74) is 0. The van der Waals surface area contributed by atoms with Crippen LogP contribution >= 0.6 is 0 Å². The molecule has 0 amide bonds. The second kappa shape index (κ2) is 6.67. The first-order valence-corrected chi connectivity index (χ1v) is 4.31. The molecule has 0 aromatic rings. The zero-order valence-corrected chi connectivity index (χ0v) is 8.06. The molecule has 0 bridgehead atoms. The van der Waals surface area contributed by atoms with Crippen LogP contribution in [0.1, 0.15) is 12.8 Å². The number of methoxy groups -OCH3 is 1. The van der Waals surface area contributed by atoms with Crippen LogP contribution in [-0.4, -0.2) is 43.8 Å². The fourth-order valence-electron chi connectivity index (χ4n) is 0.817. The maximum atomic E-state index is 12.4. The van der Waals surface area contributed by atoms with Crippen LogP contribution in [0.5, 0.6) is 0 Å². The molecule has 2 N–H and O–H groups in total. The lowest BCUT2D eigenvalue weighted by molar-refractivity contribution is -0.164. The minimum atomic E-state index is -3.68. The summed E-state index contributed by atoms with van der Waals surface area (Å²) >= 11 is 0. The second-order valence-electron chi connectivity index (χ2n) is 2.89. The highest BCUT2D eigenvalue weighted by Crippen LogP contribution is 2.11. The van der Waals surface area contributed by atoms with Gasteiger partial charge in [0.1, 0.15) is 0 Å². The van der Waals surface area contributed by atoms with Crippen molar-refractivity contribution in [1.29, 1.82) is 0 Å². The fraction of sp³-hybridized carbons (Fsp3) is 0.875. The van der Waals surface area contributed by atoms with Crippen LogP contribution < -0.4 is 5.32 Å². The molecule has 0 spiro atoms. The molecule has 0 aromatic heterocycles. The lowest BCUT2D eigenvalue weighted by Gasteiger charge is -2.11.